The Kier molecular flexibility index (Phi) is 12.8. The average Bonchev–Trinajstić information content (AvgIpc) is 4.16. The smallest absolute Gasteiger partial charge is 0.455 e. The summed E-state index contributed by atoms with van der Waals surface area (Å²) in [5.41, 5.74) is 19.0. The van der Waals surface area contributed by atoms with Crippen LogP contribution >= 0.6 is 0 Å². The maximum Gasteiger partial charge on any atom is 2.00 e. The van der Waals surface area contributed by atoms with Gasteiger partial charge in [0.1, 0.15) is 22.3 Å². The number of rotatable bonds is 9. The number of fused-ring (bicyclic) bond motifs is 12. The third-order valence-corrected chi connectivity index (χ3v) is 16.6. The van der Waals surface area contributed by atoms with Gasteiger partial charge in [-0.2, -0.15) is 36.4 Å². The van der Waals surface area contributed by atoms with Gasteiger partial charge in [-0.1, -0.05) is 145 Å². The van der Waals surface area contributed by atoms with Gasteiger partial charge in [-0.25, -0.2) is 11.1 Å². The second kappa shape index (κ2) is 19.8. The molecule has 3 heterocycles. The minimum Gasteiger partial charge on any atom is -0.455 e. The second-order valence-electron chi connectivity index (χ2n) is 24.0. The molecule has 5 heteroatoms. The second-order valence-corrected chi connectivity index (χ2v) is 24.0. The van der Waals surface area contributed by atoms with Gasteiger partial charge < -0.3 is 18.2 Å². The average molecular weight is 1260 g/mol. The van der Waals surface area contributed by atoms with Gasteiger partial charge >= 0.3 is 31.1 Å². The largest absolute Gasteiger partial charge is 2.00 e. The number of hydrogen-bond acceptors (Lipinski definition) is 4. The number of benzene rings is 11. The molecule has 14 rings (SSSR count). The van der Waals surface area contributed by atoms with Gasteiger partial charge in [0, 0.05) is 49.3 Å². The first-order valence-corrected chi connectivity index (χ1v) is 27.8. The molecule has 0 aliphatic carbocycles. The maximum atomic E-state index is 6.99. The van der Waals surface area contributed by atoms with Crippen LogP contribution in [0.25, 0.3) is 98.5 Å². The van der Waals surface area contributed by atoms with Gasteiger partial charge in [-0.15, -0.1) is 17.7 Å². The Morgan fingerprint density at radius 2 is 1.04 bits per heavy atom. The molecule has 1 atom stereocenters. The number of para-hydroxylation sites is 3. The third kappa shape index (κ3) is 9.00. The minimum atomic E-state index is -0.0521. The van der Waals surface area contributed by atoms with E-state index in [2.05, 4.69) is 267 Å². The van der Waals surface area contributed by atoms with Crippen molar-refractivity contribution in [3.63, 3.8) is 0 Å². The predicted octanol–water partition coefficient (Wildman–Crippen LogP) is 21.2. The van der Waals surface area contributed by atoms with Crippen molar-refractivity contribution in [3.05, 3.63) is 245 Å². The summed E-state index contributed by atoms with van der Waals surface area (Å²) in [6.07, 6.45) is 1.74. The van der Waals surface area contributed by atoms with Gasteiger partial charge in [-0.05, 0) is 153 Å². The summed E-state index contributed by atoms with van der Waals surface area (Å²) in [6.45, 7) is 17.9. The summed E-state index contributed by atoms with van der Waals surface area (Å²) in [5, 5.41) is 11.1. The molecule has 0 saturated carbocycles. The molecule has 0 aliphatic rings. The molecule has 11 aromatic carbocycles. The molecule has 0 fully saturated rings. The number of hydrogen-bond donors (Lipinski definition) is 0. The third-order valence-electron chi connectivity index (χ3n) is 16.6. The van der Waals surface area contributed by atoms with Gasteiger partial charge in [0.15, 0.2) is 11.2 Å². The summed E-state index contributed by atoms with van der Waals surface area (Å²) in [7, 11) is 0. The SMILES string of the molecule is Cc1ccccc1CC(Cc1ccc2cc3c(cc2c1)oc1c3ccc2c3cc4ccc(N(c5[c-]c(-c6[c-]c(C(C)(C)C)ccc6)ccc5)c5ccccc5C)cc4cc3oc21)c1cccc2c1oc1c(C(C)(C)C)cccc12.[U+2]. The first kappa shape index (κ1) is 51.6. The quantitative estimate of drug-likeness (QED) is 0.135. The van der Waals surface area contributed by atoms with Gasteiger partial charge in [0.25, 0.3) is 0 Å². The number of aryl methyl sites for hydroxylation is 2. The molecule has 0 saturated heterocycles. The first-order valence-electron chi connectivity index (χ1n) is 27.8. The Morgan fingerprint density at radius 3 is 1.73 bits per heavy atom. The summed E-state index contributed by atoms with van der Waals surface area (Å²) in [5.74, 6) is 0.171. The van der Waals surface area contributed by atoms with Crippen LogP contribution in [-0.4, -0.2) is 0 Å². The Morgan fingerprint density at radius 1 is 0.438 bits per heavy atom. The Hall–Kier alpha value is -7.81. The monoisotopic (exact) mass is 1260 g/mol. The predicted molar refractivity (Wildman–Crippen MR) is 331 cm³/mol. The van der Waals surface area contributed by atoms with E-state index in [1.54, 1.807) is 0 Å². The molecule has 0 aliphatic heterocycles. The fraction of sp³-hybridized carbons (Fsp3) is 0.173. The molecule has 80 heavy (non-hydrogen) atoms. The van der Waals surface area contributed by atoms with Crippen LogP contribution in [0.4, 0.5) is 17.1 Å². The van der Waals surface area contributed by atoms with Gasteiger partial charge in [-0.3, -0.25) is 0 Å². The van der Waals surface area contributed by atoms with Crippen molar-refractivity contribution < 1.29 is 44.4 Å². The molecule has 0 bridgehead atoms. The number of nitrogens with zero attached hydrogens (tertiary/aromatic N) is 1. The Bertz CT molecular complexity index is 4750. The van der Waals surface area contributed by atoms with Crippen molar-refractivity contribution >= 4 is 104 Å². The molecule has 388 valence electrons. The standard InChI is InChI=1S/C75H61NO3.U/c1-45-17-9-11-19-48(45)37-55(59-24-15-25-60-61-26-16-27-66(75(6,7)8)71(61)79-70(59)60)36-47-29-30-51-41-64-62-33-34-63-65-42-52-31-32-58(40-54(52)44-69(65)78-73(63)72(62)77-68(64)43-53(51)35-47)76(67-28-12-10-18-46(67)2)57-23-14-21-50(39-57)49-20-13-22-56(38-49)74(3,4)5;/h9-35,40-44,55H,36-37H2,1-8H3;/q-2;+2. The molecular formula is C75H61NO3U. The van der Waals surface area contributed by atoms with E-state index < -0.39 is 0 Å². The molecule has 14 aromatic rings. The Balaban J connectivity index is 0.00000605. The van der Waals surface area contributed by atoms with E-state index in [9.17, 15) is 0 Å². The van der Waals surface area contributed by atoms with E-state index in [4.69, 9.17) is 13.3 Å². The van der Waals surface area contributed by atoms with Gasteiger partial charge in [0.05, 0.1) is 0 Å². The number of furan rings is 3. The van der Waals surface area contributed by atoms with Crippen molar-refractivity contribution in [2.24, 2.45) is 0 Å². The van der Waals surface area contributed by atoms with E-state index in [0.717, 1.165) is 112 Å². The van der Waals surface area contributed by atoms with Crippen molar-refractivity contribution in [2.75, 3.05) is 4.90 Å². The van der Waals surface area contributed by atoms with Crippen molar-refractivity contribution in [3.8, 4) is 11.1 Å². The molecule has 0 N–H and O–H groups in total. The summed E-state index contributed by atoms with van der Waals surface area (Å²) < 4.78 is 20.8. The van der Waals surface area contributed by atoms with Crippen LogP contribution in [0.2, 0.25) is 0 Å². The van der Waals surface area contributed by atoms with Crippen LogP contribution in [0, 0.1) is 57.1 Å². The minimum absolute atomic E-state index is 0. The van der Waals surface area contributed by atoms with Crippen molar-refractivity contribution in [2.45, 2.75) is 85.0 Å². The topological polar surface area (TPSA) is 42.7 Å². The Labute approximate surface area is 491 Å². The van der Waals surface area contributed by atoms with Crippen LogP contribution in [-0.2, 0) is 23.7 Å². The molecule has 0 radical (unpaired) electrons. The van der Waals surface area contributed by atoms with E-state index in [0.29, 0.717) is 0 Å². The van der Waals surface area contributed by atoms with Crippen molar-refractivity contribution in [1.82, 2.24) is 0 Å². The zero-order chi connectivity index (χ0) is 53.9. The van der Waals surface area contributed by atoms with Crippen LogP contribution in [0.1, 0.15) is 86.4 Å². The fourth-order valence-corrected chi connectivity index (χ4v) is 12.3. The summed E-state index contributed by atoms with van der Waals surface area (Å²) >= 11 is 0. The van der Waals surface area contributed by atoms with E-state index >= 15 is 0 Å². The zero-order valence-electron chi connectivity index (χ0n) is 46.6. The van der Waals surface area contributed by atoms with Crippen LogP contribution in [0.3, 0.4) is 0 Å². The van der Waals surface area contributed by atoms with Crippen molar-refractivity contribution in [1.29, 1.82) is 0 Å². The zero-order valence-corrected chi connectivity index (χ0v) is 50.8. The molecule has 0 amide bonds. The number of anilines is 3. The maximum absolute atomic E-state index is 6.99. The van der Waals surface area contributed by atoms with Crippen LogP contribution < -0.4 is 4.90 Å². The van der Waals surface area contributed by atoms with E-state index in [1.165, 1.54) is 55.1 Å². The summed E-state index contributed by atoms with van der Waals surface area (Å²) in [4.78, 5) is 2.31. The van der Waals surface area contributed by atoms with Crippen LogP contribution in [0.15, 0.2) is 207 Å². The van der Waals surface area contributed by atoms with E-state index in [-0.39, 0.29) is 47.9 Å². The first-order chi connectivity index (χ1) is 38.2. The molecule has 3 aromatic heterocycles. The van der Waals surface area contributed by atoms with E-state index in [1.807, 2.05) is 0 Å². The summed E-state index contributed by atoms with van der Waals surface area (Å²) in [6, 6.07) is 78.0. The molecular weight excluding hydrogens is 1200 g/mol. The molecule has 1 unspecified atom stereocenters. The fourth-order valence-electron chi connectivity index (χ4n) is 12.3. The normalized spacial score (nSPS) is 12.7. The molecule has 0 spiro atoms. The van der Waals surface area contributed by atoms with Crippen LogP contribution in [0.5, 0.6) is 0 Å². The van der Waals surface area contributed by atoms with Gasteiger partial charge in [0.2, 0.25) is 0 Å². The molecule has 4 nitrogen and oxygen atoms in total.